The third-order valence-corrected chi connectivity index (χ3v) is 2.66. The van der Waals surface area contributed by atoms with Crippen molar-refractivity contribution in [2.45, 2.75) is 46.1 Å². The summed E-state index contributed by atoms with van der Waals surface area (Å²) in [5.74, 6) is -2.12. The summed E-state index contributed by atoms with van der Waals surface area (Å²) in [6.45, 7) is 5.56. The molecule has 0 aliphatic carbocycles. The molecule has 6 nitrogen and oxygen atoms in total. The van der Waals surface area contributed by atoms with Crippen LogP contribution >= 0.6 is 0 Å². The summed E-state index contributed by atoms with van der Waals surface area (Å²) in [6, 6.07) is -0.912. The highest BCUT2D eigenvalue weighted by Gasteiger charge is 2.25. The maximum Gasteiger partial charge on any atom is 0.326 e. The number of esters is 1. The molecular formula is C12H21NO5. The normalized spacial score (nSPS) is 13.5. The van der Waals surface area contributed by atoms with Crippen molar-refractivity contribution in [3.63, 3.8) is 0 Å². The van der Waals surface area contributed by atoms with Crippen molar-refractivity contribution >= 4 is 17.8 Å². The average molecular weight is 259 g/mol. The van der Waals surface area contributed by atoms with Gasteiger partial charge in [0.25, 0.3) is 0 Å². The largest absolute Gasteiger partial charge is 0.480 e. The Labute approximate surface area is 107 Å². The SMILES string of the molecule is CCOC(=O)CCC(=O)N[C@H](C(=O)O)[C@H](C)CC. The highest BCUT2D eigenvalue weighted by molar-refractivity contribution is 5.85. The third-order valence-electron chi connectivity index (χ3n) is 2.66. The van der Waals surface area contributed by atoms with Crippen LogP contribution in [0.15, 0.2) is 0 Å². The van der Waals surface area contributed by atoms with Gasteiger partial charge in [-0.15, -0.1) is 0 Å². The van der Waals surface area contributed by atoms with Crippen LogP contribution in [0.1, 0.15) is 40.0 Å². The minimum atomic E-state index is -1.06. The van der Waals surface area contributed by atoms with Crippen LogP contribution < -0.4 is 5.32 Å². The smallest absolute Gasteiger partial charge is 0.326 e. The second-order valence-electron chi connectivity index (χ2n) is 4.07. The molecule has 0 bridgehead atoms. The van der Waals surface area contributed by atoms with Gasteiger partial charge in [-0.1, -0.05) is 20.3 Å². The molecule has 104 valence electrons. The van der Waals surface area contributed by atoms with E-state index in [1.807, 2.05) is 6.92 Å². The van der Waals surface area contributed by atoms with Gasteiger partial charge < -0.3 is 15.2 Å². The van der Waals surface area contributed by atoms with E-state index in [9.17, 15) is 14.4 Å². The summed E-state index contributed by atoms with van der Waals surface area (Å²) in [4.78, 5) is 33.5. The zero-order valence-corrected chi connectivity index (χ0v) is 11.1. The first-order valence-corrected chi connectivity index (χ1v) is 6.10. The Balaban J connectivity index is 4.19. The van der Waals surface area contributed by atoms with Crippen LogP contribution in [0.3, 0.4) is 0 Å². The Morgan fingerprint density at radius 3 is 2.28 bits per heavy atom. The van der Waals surface area contributed by atoms with E-state index in [2.05, 4.69) is 10.1 Å². The Morgan fingerprint density at radius 2 is 1.83 bits per heavy atom. The van der Waals surface area contributed by atoms with Gasteiger partial charge in [0.1, 0.15) is 6.04 Å². The summed E-state index contributed by atoms with van der Waals surface area (Å²) < 4.78 is 4.68. The minimum Gasteiger partial charge on any atom is -0.480 e. The number of carboxylic acid groups (broad SMARTS) is 1. The quantitative estimate of drug-likeness (QED) is 0.633. The van der Waals surface area contributed by atoms with Gasteiger partial charge in [0.2, 0.25) is 5.91 Å². The fraction of sp³-hybridized carbons (Fsp3) is 0.750. The standard InChI is InChI=1S/C12H21NO5/c1-4-8(3)11(12(16)17)13-9(14)6-7-10(15)18-5-2/h8,11H,4-7H2,1-3H3,(H,13,14)(H,16,17)/t8-,11+/m1/s1. The van der Waals surface area contributed by atoms with E-state index in [-0.39, 0.29) is 25.4 Å². The number of ether oxygens (including phenoxy) is 1. The second kappa shape index (κ2) is 8.49. The molecule has 0 heterocycles. The van der Waals surface area contributed by atoms with Crippen LogP contribution in [0.5, 0.6) is 0 Å². The van der Waals surface area contributed by atoms with Crippen LogP contribution in [0.25, 0.3) is 0 Å². The Kier molecular flexibility index (Phi) is 7.74. The van der Waals surface area contributed by atoms with E-state index in [1.165, 1.54) is 0 Å². The van der Waals surface area contributed by atoms with Gasteiger partial charge in [0, 0.05) is 6.42 Å². The summed E-state index contributed by atoms with van der Waals surface area (Å²) in [5.41, 5.74) is 0. The fourth-order valence-corrected chi connectivity index (χ4v) is 1.38. The van der Waals surface area contributed by atoms with Crippen LogP contribution in [-0.4, -0.2) is 35.6 Å². The zero-order valence-electron chi connectivity index (χ0n) is 11.1. The van der Waals surface area contributed by atoms with E-state index in [0.717, 1.165) is 0 Å². The van der Waals surface area contributed by atoms with Gasteiger partial charge in [-0.3, -0.25) is 9.59 Å². The van der Waals surface area contributed by atoms with E-state index in [4.69, 9.17) is 5.11 Å². The third kappa shape index (κ3) is 6.22. The molecule has 0 radical (unpaired) electrons. The molecule has 0 unspecified atom stereocenters. The summed E-state index contributed by atoms with van der Waals surface area (Å²) in [6.07, 6.45) is 0.556. The molecule has 0 saturated heterocycles. The molecule has 0 fully saturated rings. The molecular weight excluding hydrogens is 238 g/mol. The summed E-state index contributed by atoms with van der Waals surface area (Å²) >= 11 is 0. The molecule has 0 rings (SSSR count). The Morgan fingerprint density at radius 1 is 1.22 bits per heavy atom. The molecule has 6 heteroatoms. The van der Waals surface area contributed by atoms with Crippen LogP contribution in [0.4, 0.5) is 0 Å². The maximum atomic E-state index is 11.5. The van der Waals surface area contributed by atoms with Crippen molar-refractivity contribution in [2.75, 3.05) is 6.61 Å². The van der Waals surface area contributed by atoms with E-state index >= 15 is 0 Å². The first kappa shape index (κ1) is 16.4. The molecule has 0 aliphatic heterocycles. The molecule has 2 N–H and O–H groups in total. The molecule has 18 heavy (non-hydrogen) atoms. The Bertz CT molecular complexity index is 303. The second-order valence-corrected chi connectivity index (χ2v) is 4.07. The molecule has 0 spiro atoms. The summed E-state index contributed by atoms with van der Waals surface area (Å²) in [7, 11) is 0. The topological polar surface area (TPSA) is 92.7 Å². The first-order chi connectivity index (χ1) is 8.42. The van der Waals surface area contributed by atoms with Crippen molar-refractivity contribution in [3.8, 4) is 0 Å². The predicted molar refractivity (Wildman–Crippen MR) is 64.9 cm³/mol. The number of carbonyl (C=O) groups is 3. The number of aliphatic carboxylic acids is 1. The van der Waals surface area contributed by atoms with Crippen LogP contribution in [0.2, 0.25) is 0 Å². The number of rotatable bonds is 8. The molecule has 0 aromatic carbocycles. The summed E-state index contributed by atoms with van der Waals surface area (Å²) in [5, 5.41) is 11.4. The van der Waals surface area contributed by atoms with Crippen LogP contribution in [0, 0.1) is 5.92 Å². The molecule has 0 aromatic heterocycles. The van der Waals surface area contributed by atoms with Gasteiger partial charge in [-0.2, -0.15) is 0 Å². The lowest BCUT2D eigenvalue weighted by molar-refractivity contribution is -0.145. The number of hydrogen-bond acceptors (Lipinski definition) is 4. The van der Waals surface area contributed by atoms with Crippen molar-refractivity contribution in [1.82, 2.24) is 5.32 Å². The highest BCUT2D eigenvalue weighted by Crippen LogP contribution is 2.08. The Hall–Kier alpha value is -1.59. The van der Waals surface area contributed by atoms with E-state index in [0.29, 0.717) is 6.42 Å². The lowest BCUT2D eigenvalue weighted by Gasteiger charge is -2.19. The van der Waals surface area contributed by atoms with Gasteiger partial charge in [-0.25, -0.2) is 4.79 Å². The zero-order chi connectivity index (χ0) is 14.1. The first-order valence-electron chi connectivity index (χ1n) is 6.10. The monoisotopic (exact) mass is 259 g/mol. The van der Waals surface area contributed by atoms with E-state index < -0.39 is 23.9 Å². The molecule has 0 aliphatic rings. The molecule has 1 amide bonds. The van der Waals surface area contributed by atoms with E-state index in [1.54, 1.807) is 13.8 Å². The van der Waals surface area contributed by atoms with Gasteiger partial charge in [0.15, 0.2) is 0 Å². The van der Waals surface area contributed by atoms with Crippen molar-refractivity contribution in [3.05, 3.63) is 0 Å². The molecule has 0 aromatic rings. The number of carbonyl (C=O) groups excluding carboxylic acids is 2. The number of carboxylic acids is 1. The average Bonchev–Trinajstić information content (AvgIpc) is 2.32. The van der Waals surface area contributed by atoms with Crippen molar-refractivity contribution < 1.29 is 24.2 Å². The van der Waals surface area contributed by atoms with Gasteiger partial charge in [-0.05, 0) is 12.8 Å². The van der Waals surface area contributed by atoms with Crippen LogP contribution in [-0.2, 0) is 19.1 Å². The maximum absolute atomic E-state index is 11.5. The number of nitrogens with one attached hydrogen (secondary N) is 1. The molecule has 2 atom stereocenters. The number of hydrogen-bond donors (Lipinski definition) is 2. The van der Waals surface area contributed by atoms with Crippen molar-refractivity contribution in [1.29, 1.82) is 0 Å². The van der Waals surface area contributed by atoms with Gasteiger partial charge >= 0.3 is 11.9 Å². The van der Waals surface area contributed by atoms with Gasteiger partial charge in [0.05, 0.1) is 13.0 Å². The lowest BCUT2D eigenvalue weighted by Crippen LogP contribution is -2.45. The van der Waals surface area contributed by atoms with Crippen molar-refractivity contribution in [2.24, 2.45) is 5.92 Å². The fourth-order valence-electron chi connectivity index (χ4n) is 1.38. The number of amides is 1. The molecule has 0 saturated carbocycles. The minimum absolute atomic E-state index is 0.0352. The lowest BCUT2D eigenvalue weighted by atomic mass is 9.99. The predicted octanol–water partition coefficient (Wildman–Crippen LogP) is 0.945. The highest BCUT2D eigenvalue weighted by atomic mass is 16.5.